The van der Waals surface area contributed by atoms with Crippen molar-refractivity contribution in [2.45, 2.75) is 6.54 Å². The van der Waals surface area contributed by atoms with Gasteiger partial charge in [-0.05, 0) is 29.8 Å². The Hall–Kier alpha value is -3.13. The number of hydrogen-bond donors (Lipinski definition) is 0. The maximum absolute atomic E-state index is 5.51. The zero-order valence-corrected chi connectivity index (χ0v) is 16.0. The van der Waals surface area contributed by atoms with Crippen LogP contribution in [0.5, 0.6) is 11.5 Å². The van der Waals surface area contributed by atoms with Gasteiger partial charge in [-0.25, -0.2) is 0 Å². The van der Waals surface area contributed by atoms with Crippen molar-refractivity contribution in [2.75, 3.05) is 45.3 Å². The quantitative estimate of drug-likeness (QED) is 0.645. The molecule has 0 radical (unpaired) electrons. The van der Waals surface area contributed by atoms with Crippen LogP contribution in [0.15, 0.2) is 47.2 Å². The fourth-order valence-corrected chi connectivity index (χ4v) is 3.28. The number of anilines is 1. The number of hydrogen-bond acceptors (Lipinski definition) is 8. The van der Waals surface area contributed by atoms with Crippen LogP contribution in [0.2, 0.25) is 0 Å². The van der Waals surface area contributed by atoms with Crippen LogP contribution in [0, 0.1) is 0 Å². The number of aromatic nitrogens is 3. The third-order valence-electron chi connectivity index (χ3n) is 4.83. The fourth-order valence-electron chi connectivity index (χ4n) is 3.28. The zero-order valence-electron chi connectivity index (χ0n) is 16.0. The van der Waals surface area contributed by atoms with Crippen molar-refractivity contribution < 1.29 is 14.0 Å². The van der Waals surface area contributed by atoms with Crippen LogP contribution in [-0.2, 0) is 6.54 Å². The number of rotatable bonds is 6. The molecule has 28 heavy (non-hydrogen) atoms. The molecule has 2 aromatic heterocycles. The Balaban J connectivity index is 1.40. The van der Waals surface area contributed by atoms with Crippen LogP contribution < -0.4 is 14.4 Å². The summed E-state index contributed by atoms with van der Waals surface area (Å²) in [4.78, 5) is 13.3. The first-order valence-electron chi connectivity index (χ1n) is 9.19. The largest absolute Gasteiger partial charge is 0.493 e. The van der Waals surface area contributed by atoms with E-state index >= 15 is 0 Å². The highest BCUT2D eigenvalue weighted by Gasteiger charge is 2.22. The smallest absolute Gasteiger partial charge is 0.324 e. The molecular weight excluding hydrogens is 358 g/mol. The van der Waals surface area contributed by atoms with E-state index in [1.54, 1.807) is 20.4 Å². The van der Waals surface area contributed by atoms with Gasteiger partial charge in [-0.2, -0.15) is 4.98 Å². The Labute approximate surface area is 163 Å². The van der Waals surface area contributed by atoms with Crippen molar-refractivity contribution in [2.24, 2.45) is 0 Å². The van der Waals surface area contributed by atoms with Gasteiger partial charge in [0.25, 0.3) is 0 Å². The van der Waals surface area contributed by atoms with Crippen LogP contribution in [0.3, 0.4) is 0 Å². The van der Waals surface area contributed by atoms with Gasteiger partial charge in [0.1, 0.15) is 0 Å². The molecule has 0 spiro atoms. The van der Waals surface area contributed by atoms with Gasteiger partial charge in [-0.15, -0.1) is 0 Å². The van der Waals surface area contributed by atoms with Crippen molar-refractivity contribution in [3.05, 3.63) is 48.3 Å². The minimum atomic E-state index is 0.536. The average Bonchev–Trinajstić information content (AvgIpc) is 3.25. The molecule has 0 unspecified atom stereocenters. The van der Waals surface area contributed by atoms with Gasteiger partial charge < -0.3 is 18.9 Å². The van der Waals surface area contributed by atoms with Gasteiger partial charge in [0.05, 0.1) is 14.2 Å². The lowest BCUT2D eigenvalue weighted by Gasteiger charge is -2.33. The monoisotopic (exact) mass is 381 g/mol. The SMILES string of the molecule is COc1ccc(-c2noc(N3CCN(Cc4cccnc4)CC3)n2)cc1OC. The summed E-state index contributed by atoms with van der Waals surface area (Å²) in [5.41, 5.74) is 2.05. The van der Waals surface area contributed by atoms with Gasteiger partial charge >= 0.3 is 6.01 Å². The lowest BCUT2D eigenvalue weighted by Crippen LogP contribution is -2.46. The number of nitrogens with zero attached hydrogens (tertiary/aromatic N) is 5. The fraction of sp³-hybridized carbons (Fsp3) is 0.350. The normalized spacial score (nSPS) is 14.9. The Bertz CT molecular complexity index is 907. The molecule has 0 amide bonds. The number of piperazine rings is 1. The van der Waals surface area contributed by atoms with Gasteiger partial charge in [0.15, 0.2) is 11.5 Å². The number of ether oxygens (including phenoxy) is 2. The van der Waals surface area contributed by atoms with Gasteiger partial charge in [-0.3, -0.25) is 9.88 Å². The maximum atomic E-state index is 5.51. The standard InChI is InChI=1S/C20H23N5O3/c1-26-17-6-5-16(12-18(17)27-2)19-22-20(28-23-19)25-10-8-24(9-11-25)14-15-4-3-7-21-13-15/h3-7,12-13H,8-11,14H2,1-2H3. The molecule has 3 aromatic rings. The van der Waals surface area contributed by atoms with Crippen LogP contribution in [0.1, 0.15) is 5.56 Å². The Kier molecular flexibility index (Phi) is 5.38. The van der Waals surface area contributed by atoms with E-state index in [0.29, 0.717) is 23.3 Å². The zero-order chi connectivity index (χ0) is 19.3. The summed E-state index contributed by atoms with van der Waals surface area (Å²) in [6, 6.07) is 10.2. The summed E-state index contributed by atoms with van der Waals surface area (Å²) < 4.78 is 16.1. The highest BCUT2D eigenvalue weighted by atomic mass is 16.5. The van der Waals surface area contributed by atoms with E-state index in [2.05, 4.69) is 31.0 Å². The highest BCUT2D eigenvalue weighted by molar-refractivity contribution is 5.61. The molecule has 0 saturated carbocycles. The van der Waals surface area contributed by atoms with Crippen molar-refractivity contribution in [3.8, 4) is 22.9 Å². The van der Waals surface area contributed by atoms with Gasteiger partial charge in [0, 0.05) is 50.7 Å². The van der Waals surface area contributed by atoms with E-state index in [1.807, 2.05) is 30.5 Å². The van der Waals surface area contributed by atoms with Gasteiger partial charge in [0.2, 0.25) is 5.82 Å². The summed E-state index contributed by atoms with van der Waals surface area (Å²) in [5.74, 6) is 1.84. The van der Waals surface area contributed by atoms with E-state index in [4.69, 9.17) is 14.0 Å². The lowest BCUT2D eigenvalue weighted by atomic mass is 10.2. The topological polar surface area (TPSA) is 76.8 Å². The second-order valence-corrected chi connectivity index (χ2v) is 6.59. The lowest BCUT2D eigenvalue weighted by molar-refractivity contribution is 0.242. The number of pyridine rings is 1. The first-order valence-corrected chi connectivity index (χ1v) is 9.19. The Morgan fingerprint density at radius 3 is 2.57 bits per heavy atom. The Morgan fingerprint density at radius 1 is 1.04 bits per heavy atom. The van der Waals surface area contributed by atoms with E-state index in [9.17, 15) is 0 Å². The van der Waals surface area contributed by atoms with E-state index < -0.39 is 0 Å². The van der Waals surface area contributed by atoms with Crippen LogP contribution in [-0.4, -0.2) is 60.4 Å². The minimum Gasteiger partial charge on any atom is -0.493 e. The summed E-state index contributed by atoms with van der Waals surface area (Å²) in [6.07, 6.45) is 3.72. The summed E-state index contributed by atoms with van der Waals surface area (Å²) in [5, 5.41) is 4.13. The molecule has 1 aliphatic rings. The molecule has 0 N–H and O–H groups in total. The molecule has 4 rings (SSSR count). The van der Waals surface area contributed by atoms with Crippen molar-refractivity contribution in [1.82, 2.24) is 20.0 Å². The number of benzene rings is 1. The van der Waals surface area contributed by atoms with Crippen LogP contribution in [0.25, 0.3) is 11.4 Å². The molecule has 8 heteroatoms. The molecule has 3 heterocycles. The first-order chi connectivity index (χ1) is 13.8. The summed E-state index contributed by atoms with van der Waals surface area (Å²) in [6.45, 7) is 4.45. The van der Waals surface area contributed by atoms with Crippen molar-refractivity contribution >= 4 is 6.01 Å². The third kappa shape index (κ3) is 3.91. The number of methoxy groups -OCH3 is 2. The van der Waals surface area contributed by atoms with Crippen LogP contribution in [0.4, 0.5) is 6.01 Å². The molecule has 0 aliphatic carbocycles. The third-order valence-corrected chi connectivity index (χ3v) is 4.83. The summed E-state index contributed by atoms with van der Waals surface area (Å²) in [7, 11) is 3.21. The van der Waals surface area contributed by atoms with E-state index in [1.165, 1.54) is 5.56 Å². The van der Waals surface area contributed by atoms with Crippen LogP contribution >= 0.6 is 0 Å². The molecule has 0 atom stereocenters. The molecular formula is C20H23N5O3. The molecule has 1 aliphatic heterocycles. The second kappa shape index (κ2) is 8.26. The van der Waals surface area contributed by atoms with Gasteiger partial charge in [-0.1, -0.05) is 11.2 Å². The van der Waals surface area contributed by atoms with E-state index in [0.717, 1.165) is 38.3 Å². The summed E-state index contributed by atoms with van der Waals surface area (Å²) >= 11 is 0. The molecule has 146 valence electrons. The first kappa shape index (κ1) is 18.2. The molecule has 1 fully saturated rings. The van der Waals surface area contributed by atoms with Crippen molar-refractivity contribution in [3.63, 3.8) is 0 Å². The molecule has 8 nitrogen and oxygen atoms in total. The van der Waals surface area contributed by atoms with E-state index in [-0.39, 0.29) is 0 Å². The molecule has 1 saturated heterocycles. The molecule has 0 bridgehead atoms. The minimum absolute atomic E-state index is 0.536. The van der Waals surface area contributed by atoms with Crippen molar-refractivity contribution in [1.29, 1.82) is 0 Å². The average molecular weight is 381 g/mol. The second-order valence-electron chi connectivity index (χ2n) is 6.59. The highest BCUT2D eigenvalue weighted by Crippen LogP contribution is 2.31. The predicted octanol–water partition coefficient (Wildman–Crippen LogP) is 2.47. The maximum Gasteiger partial charge on any atom is 0.324 e. The molecule has 1 aromatic carbocycles. The Morgan fingerprint density at radius 2 is 1.86 bits per heavy atom. The predicted molar refractivity (Wildman–Crippen MR) is 105 cm³/mol.